The molecule has 2 rings (SSSR count). The second kappa shape index (κ2) is 5.48. The van der Waals surface area contributed by atoms with E-state index in [9.17, 15) is 9.18 Å². The standard InChI is InChI=1S/C14H10FIO2/c1-18-13-8-9(15)6-7-10(13)11-4-2-3-5-12(16)14(11)17/h2-8H,1H3. The van der Waals surface area contributed by atoms with Crippen LogP contribution in [0.3, 0.4) is 0 Å². The molecule has 0 saturated carbocycles. The van der Waals surface area contributed by atoms with Crippen molar-refractivity contribution in [3.8, 4) is 16.9 Å². The van der Waals surface area contributed by atoms with Gasteiger partial charge in [-0.25, -0.2) is 4.39 Å². The van der Waals surface area contributed by atoms with Crippen molar-refractivity contribution in [2.75, 3.05) is 7.11 Å². The minimum atomic E-state index is -0.391. The molecule has 2 aromatic rings. The molecule has 0 aromatic heterocycles. The molecule has 0 aliphatic carbocycles. The van der Waals surface area contributed by atoms with Crippen molar-refractivity contribution < 1.29 is 9.13 Å². The van der Waals surface area contributed by atoms with Crippen molar-refractivity contribution in [1.29, 1.82) is 0 Å². The summed E-state index contributed by atoms with van der Waals surface area (Å²) in [7, 11) is 1.46. The summed E-state index contributed by atoms with van der Waals surface area (Å²) in [5.74, 6) is -0.0350. The first kappa shape index (κ1) is 13.0. The highest BCUT2D eigenvalue weighted by Gasteiger charge is 2.10. The molecule has 92 valence electrons. The molecule has 0 amide bonds. The summed E-state index contributed by atoms with van der Waals surface area (Å²) in [5.41, 5.74) is 1.00. The first-order chi connectivity index (χ1) is 8.63. The number of ether oxygens (including phenoxy) is 1. The number of hydrogen-bond donors (Lipinski definition) is 0. The van der Waals surface area contributed by atoms with Crippen LogP contribution in [0.25, 0.3) is 11.1 Å². The maximum absolute atomic E-state index is 13.1. The molecular weight excluding hydrogens is 346 g/mol. The van der Waals surface area contributed by atoms with Crippen molar-refractivity contribution in [2.45, 2.75) is 0 Å². The number of halogens is 2. The van der Waals surface area contributed by atoms with Gasteiger partial charge in [-0.3, -0.25) is 4.79 Å². The highest BCUT2D eigenvalue weighted by Crippen LogP contribution is 2.28. The molecule has 0 radical (unpaired) electrons. The van der Waals surface area contributed by atoms with E-state index < -0.39 is 5.82 Å². The van der Waals surface area contributed by atoms with Gasteiger partial charge >= 0.3 is 0 Å². The van der Waals surface area contributed by atoms with Crippen LogP contribution in [0, 0.1) is 9.39 Å². The highest BCUT2D eigenvalue weighted by molar-refractivity contribution is 14.1. The summed E-state index contributed by atoms with van der Waals surface area (Å²) in [4.78, 5) is 12.2. The van der Waals surface area contributed by atoms with E-state index >= 15 is 0 Å². The second-order valence-corrected chi connectivity index (χ2v) is 4.82. The average molecular weight is 356 g/mol. The number of benzene rings is 1. The lowest BCUT2D eigenvalue weighted by atomic mass is 10.1. The summed E-state index contributed by atoms with van der Waals surface area (Å²) in [6, 6.07) is 11.2. The molecule has 2 nitrogen and oxygen atoms in total. The Labute approximate surface area is 118 Å². The molecule has 0 fully saturated rings. The van der Waals surface area contributed by atoms with E-state index in [4.69, 9.17) is 4.74 Å². The van der Waals surface area contributed by atoms with Crippen molar-refractivity contribution >= 4 is 22.6 Å². The monoisotopic (exact) mass is 356 g/mol. The van der Waals surface area contributed by atoms with Gasteiger partial charge in [-0.05, 0) is 40.8 Å². The first-order valence-corrected chi connectivity index (χ1v) is 6.34. The van der Waals surface area contributed by atoms with Gasteiger partial charge in [-0.2, -0.15) is 0 Å². The van der Waals surface area contributed by atoms with Crippen LogP contribution in [-0.4, -0.2) is 7.11 Å². The fourth-order valence-electron chi connectivity index (χ4n) is 1.67. The molecule has 4 heteroatoms. The van der Waals surface area contributed by atoms with Crippen LogP contribution in [0.1, 0.15) is 0 Å². The molecule has 0 aliphatic rings. The summed E-state index contributed by atoms with van der Waals surface area (Å²) < 4.78 is 18.9. The van der Waals surface area contributed by atoms with Crippen LogP contribution >= 0.6 is 22.6 Å². The Balaban J connectivity index is 2.74. The lowest BCUT2D eigenvalue weighted by Crippen LogP contribution is -2.05. The molecule has 0 aliphatic heterocycles. The molecule has 18 heavy (non-hydrogen) atoms. The second-order valence-electron chi connectivity index (χ2n) is 3.65. The summed E-state index contributed by atoms with van der Waals surface area (Å²) in [6.45, 7) is 0. The minimum absolute atomic E-state index is 0.0921. The zero-order valence-corrected chi connectivity index (χ0v) is 11.8. The number of methoxy groups -OCH3 is 1. The van der Waals surface area contributed by atoms with Gasteiger partial charge in [-0.1, -0.05) is 18.2 Å². The van der Waals surface area contributed by atoms with Crippen molar-refractivity contribution in [3.63, 3.8) is 0 Å². The lowest BCUT2D eigenvalue weighted by Gasteiger charge is -2.07. The third kappa shape index (κ3) is 2.53. The Morgan fingerprint density at radius 2 is 1.83 bits per heavy atom. The number of hydrogen-bond acceptors (Lipinski definition) is 2. The lowest BCUT2D eigenvalue weighted by molar-refractivity contribution is 0.413. The minimum Gasteiger partial charge on any atom is -0.496 e. The summed E-state index contributed by atoms with van der Waals surface area (Å²) in [5, 5.41) is 0. The van der Waals surface area contributed by atoms with Gasteiger partial charge in [-0.15, -0.1) is 0 Å². The van der Waals surface area contributed by atoms with Crippen molar-refractivity contribution in [1.82, 2.24) is 0 Å². The van der Waals surface area contributed by atoms with E-state index in [-0.39, 0.29) is 5.43 Å². The zero-order chi connectivity index (χ0) is 13.1. The number of rotatable bonds is 2. The third-order valence-corrected chi connectivity index (χ3v) is 3.38. The van der Waals surface area contributed by atoms with E-state index in [0.717, 1.165) is 0 Å². The normalized spacial score (nSPS) is 10.2. The van der Waals surface area contributed by atoms with E-state index in [1.807, 2.05) is 22.6 Å². The SMILES string of the molecule is COc1cc(F)ccc1-c1ccccc(I)c1=O. The Hall–Kier alpha value is -1.43. The molecular formula is C14H10FIO2. The Bertz CT molecular complexity index is 641. The Morgan fingerprint density at radius 1 is 1.11 bits per heavy atom. The van der Waals surface area contributed by atoms with Gasteiger partial charge in [0.05, 0.1) is 10.7 Å². The third-order valence-electron chi connectivity index (χ3n) is 2.53. The maximum atomic E-state index is 13.1. The largest absolute Gasteiger partial charge is 0.496 e. The molecule has 0 atom stereocenters. The fourth-order valence-corrected chi connectivity index (χ4v) is 2.17. The van der Waals surface area contributed by atoms with Crippen molar-refractivity contribution in [3.05, 3.63) is 62.1 Å². The predicted molar refractivity (Wildman–Crippen MR) is 77.4 cm³/mol. The molecule has 0 N–H and O–H groups in total. The van der Waals surface area contributed by atoms with Crippen LogP contribution in [0.15, 0.2) is 47.3 Å². The molecule has 0 unspecified atom stereocenters. The molecule has 0 saturated heterocycles. The van der Waals surface area contributed by atoms with Crippen LogP contribution in [0.4, 0.5) is 4.39 Å². The van der Waals surface area contributed by atoms with E-state index in [1.165, 1.54) is 19.2 Å². The fraction of sp³-hybridized carbons (Fsp3) is 0.0714. The van der Waals surface area contributed by atoms with E-state index in [0.29, 0.717) is 20.4 Å². The van der Waals surface area contributed by atoms with E-state index in [2.05, 4.69) is 0 Å². The van der Waals surface area contributed by atoms with Crippen LogP contribution in [-0.2, 0) is 0 Å². The molecule has 2 aromatic carbocycles. The molecule has 0 bridgehead atoms. The molecule has 0 spiro atoms. The van der Waals surface area contributed by atoms with Crippen molar-refractivity contribution in [2.24, 2.45) is 0 Å². The van der Waals surface area contributed by atoms with Crippen LogP contribution < -0.4 is 10.2 Å². The molecule has 0 heterocycles. The summed E-state index contributed by atoms with van der Waals surface area (Å²) >= 11 is 1.98. The first-order valence-electron chi connectivity index (χ1n) is 5.26. The Morgan fingerprint density at radius 3 is 2.56 bits per heavy atom. The highest BCUT2D eigenvalue weighted by atomic mass is 127. The van der Waals surface area contributed by atoms with Gasteiger partial charge in [0.2, 0.25) is 0 Å². The van der Waals surface area contributed by atoms with Gasteiger partial charge < -0.3 is 4.74 Å². The maximum Gasteiger partial charge on any atom is 0.199 e. The van der Waals surface area contributed by atoms with Gasteiger partial charge in [0.15, 0.2) is 5.43 Å². The van der Waals surface area contributed by atoms with E-state index in [1.54, 1.807) is 30.3 Å². The zero-order valence-electron chi connectivity index (χ0n) is 9.61. The van der Waals surface area contributed by atoms with Gasteiger partial charge in [0, 0.05) is 17.2 Å². The van der Waals surface area contributed by atoms with Crippen LogP contribution in [0.5, 0.6) is 5.75 Å². The van der Waals surface area contributed by atoms with Gasteiger partial charge in [0.25, 0.3) is 0 Å². The summed E-state index contributed by atoms with van der Waals surface area (Å²) in [6.07, 6.45) is 0. The topological polar surface area (TPSA) is 26.3 Å². The smallest absolute Gasteiger partial charge is 0.199 e. The van der Waals surface area contributed by atoms with Crippen LogP contribution in [0.2, 0.25) is 0 Å². The quantitative estimate of drug-likeness (QED) is 0.771. The van der Waals surface area contributed by atoms with Gasteiger partial charge in [0.1, 0.15) is 11.6 Å². The Kier molecular flexibility index (Phi) is 3.96. The predicted octanol–water partition coefficient (Wildman–Crippen LogP) is 3.47. The average Bonchev–Trinajstić information content (AvgIpc) is 2.53.